The molecule has 1 heterocycles. The van der Waals surface area contributed by atoms with Crippen LogP contribution in [0, 0.1) is 0 Å². The summed E-state index contributed by atoms with van der Waals surface area (Å²) in [5.41, 5.74) is 1.20. The quantitative estimate of drug-likeness (QED) is 0.685. The number of aromatic nitrogens is 1. The Morgan fingerprint density at radius 2 is 2.11 bits per heavy atom. The molecule has 0 aliphatic carbocycles. The predicted molar refractivity (Wildman–Crippen MR) is 69.5 cm³/mol. The number of unbranched alkanes of at least 4 members (excludes halogenated alkanes) is 1. The molecule has 1 rings (SSSR count). The fourth-order valence-electron chi connectivity index (χ4n) is 1.72. The van der Waals surface area contributed by atoms with Crippen LogP contribution in [0.3, 0.4) is 0 Å². The van der Waals surface area contributed by atoms with Gasteiger partial charge in [-0.05, 0) is 37.0 Å². The number of rotatable bonds is 9. The Bertz CT molecular complexity index is 340. The molecule has 0 bridgehead atoms. The molecule has 0 saturated carbocycles. The van der Waals surface area contributed by atoms with Crippen molar-refractivity contribution in [3.63, 3.8) is 0 Å². The van der Waals surface area contributed by atoms with E-state index in [0.717, 1.165) is 25.7 Å². The Morgan fingerprint density at radius 1 is 1.39 bits per heavy atom. The Kier molecular flexibility index (Phi) is 7.03. The van der Waals surface area contributed by atoms with Crippen LogP contribution in [0.5, 0.6) is 0 Å². The molecule has 0 aromatic carbocycles. The number of carboxylic acids is 1. The highest BCUT2D eigenvalue weighted by Crippen LogP contribution is 2.07. The van der Waals surface area contributed by atoms with E-state index >= 15 is 0 Å². The van der Waals surface area contributed by atoms with Gasteiger partial charge < -0.3 is 9.84 Å². The van der Waals surface area contributed by atoms with Crippen molar-refractivity contribution < 1.29 is 14.6 Å². The summed E-state index contributed by atoms with van der Waals surface area (Å²) >= 11 is 0. The van der Waals surface area contributed by atoms with Gasteiger partial charge in [-0.3, -0.25) is 4.98 Å². The van der Waals surface area contributed by atoms with Crippen molar-refractivity contribution in [3.8, 4) is 0 Å². The van der Waals surface area contributed by atoms with Crippen LogP contribution in [0.15, 0.2) is 24.5 Å². The number of hydrogen-bond acceptors (Lipinski definition) is 3. The molecule has 1 N–H and O–H groups in total. The van der Waals surface area contributed by atoms with E-state index in [0.29, 0.717) is 13.0 Å². The van der Waals surface area contributed by atoms with Crippen molar-refractivity contribution >= 4 is 5.97 Å². The van der Waals surface area contributed by atoms with Crippen LogP contribution in [0.1, 0.15) is 38.2 Å². The first kappa shape index (κ1) is 14.6. The van der Waals surface area contributed by atoms with E-state index in [9.17, 15) is 4.79 Å². The zero-order valence-corrected chi connectivity index (χ0v) is 10.8. The van der Waals surface area contributed by atoms with Crippen molar-refractivity contribution in [3.05, 3.63) is 30.1 Å². The van der Waals surface area contributed by atoms with E-state index < -0.39 is 12.1 Å². The van der Waals surface area contributed by atoms with E-state index in [2.05, 4.69) is 4.98 Å². The fraction of sp³-hybridized carbons (Fsp3) is 0.571. The van der Waals surface area contributed by atoms with E-state index in [1.54, 1.807) is 12.4 Å². The van der Waals surface area contributed by atoms with Crippen molar-refractivity contribution in [2.24, 2.45) is 0 Å². The number of carboxylic acid groups (broad SMARTS) is 1. The third-order valence-electron chi connectivity index (χ3n) is 2.77. The van der Waals surface area contributed by atoms with E-state index in [4.69, 9.17) is 9.84 Å². The Morgan fingerprint density at radius 3 is 2.72 bits per heavy atom. The normalized spacial score (nSPS) is 12.3. The maximum Gasteiger partial charge on any atom is 0.332 e. The van der Waals surface area contributed by atoms with Gasteiger partial charge in [-0.15, -0.1) is 0 Å². The van der Waals surface area contributed by atoms with Crippen LogP contribution in [-0.4, -0.2) is 28.8 Å². The topological polar surface area (TPSA) is 59.4 Å². The maximum atomic E-state index is 10.9. The standard InChI is InChI=1S/C14H21NO3/c1-2-3-6-13(14(16)17)18-11-4-5-12-7-9-15-10-8-12/h7-10,13H,2-6,11H2,1H3,(H,16,17). The van der Waals surface area contributed by atoms with Crippen LogP contribution < -0.4 is 0 Å². The fourth-order valence-corrected chi connectivity index (χ4v) is 1.72. The molecule has 0 spiro atoms. The molecule has 1 aromatic rings. The molecule has 0 fully saturated rings. The number of carbonyl (C=O) groups is 1. The van der Waals surface area contributed by atoms with E-state index in [-0.39, 0.29) is 0 Å². The smallest absolute Gasteiger partial charge is 0.332 e. The Labute approximate surface area is 108 Å². The van der Waals surface area contributed by atoms with Crippen molar-refractivity contribution in [2.45, 2.75) is 45.1 Å². The van der Waals surface area contributed by atoms with Gasteiger partial charge in [0, 0.05) is 19.0 Å². The minimum atomic E-state index is -0.854. The van der Waals surface area contributed by atoms with Crippen LogP contribution in [0.25, 0.3) is 0 Å². The summed E-state index contributed by atoms with van der Waals surface area (Å²) in [5.74, 6) is -0.854. The lowest BCUT2D eigenvalue weighted by molar-refractivity contribution is -0.150. The molecule has 0 aliphatic rings. The van der Waals surface area contributed by atoms with Gasteiger partial charge in [0.25, 0.3) is 0 Å². The van der Waals surface area contributed by atoms with Gasteiger partial charge in [-0.25, -0.2) is 4.79 Å². The van der Waals surface area contributed by atoms with Gasteiger partial charge in [-0.2, -0.15) is 0 Å². The molecule has 1 atom stereocenters. The summed E-state index contributed by atoms with van der Waals surface area (Å²) in [7, 11) is 0. The largest absolute Gasteiger partial charge is 0.479 e. The average molecular weight is 251 g/mol. The van der Waals surface area contributed by atoms with Gasteiger partial charge in [0.1, 0.15) is 0 Å². The second kappa shape index (κ2) is 8.64. The third-order valence-corrected chi connectivity index (χ3v) is 2.77. The average Bonchev–Trinajstić information content (AvgIpc) is 2.38. The number of pyridine rings is 1. The number of nitrogens with zero attached hydrogens (tertiary/aromatic N) is 1. The molecule has 0 amide bonds. The van der Waals surface area contributed by atoms with Crippen LogP contribution in [-0.2, 0) is 16.0 Å². The lowest BCUT2D eigenvalue weighted by Gasteiger charge is -2.13. The monoisotopic (exact) mass is 251 g/mol. The number of ether oxygens (including phenoxy) is 1. The number of hydrogen-bond donors (Lipinski definition) is 1. The second-order valence-corrected chi connectivity index (χ2v) is 4.30. The van der Waals surface area contributed by atoms with Gasteiger partial charge in [0.05, 0.1) is 0 Å². The van der Waals surface area contributed by atoms with Gasteiger partial charge in [0.2, 0.25) is 0 Å². The minimum absolute atomic E-state index is 0.489. The van der Waals surface area contributed by atoms with Crippen molar-refractivity contribution in [1.29, 1.82) is 0 Å². The Balaban J connectivity index is 2.20. The van der Waals surface area contributed by atoms with Crippen molar-refractivity contribution in [2.75, 3.05) is 6.61 Å². The summed E-state index contributed by atoms with van der Waals surface area (Å²) in [6, 6.07) is 3.93. The molecular formula is C14H21NO3. The molecule has 4 heteroatoms. The number of aryl methyl sites for hydroxylation is 1. The third kappa shape index (κ3) is 5.77. The molecule has 1 aromatic heterocycles. The van der Waals surface area contributed by atoms with Crippen LogP contribution in [0.4, 0.5) is 0 Å². The lowest BCUT2D eigenvalue weighted by Crippen LogP contribution is -2.24. The zero-order chi connectivity index (χ0) is 13.2. The van der Waals surface area contributed by atoms with Gasteiger partial charge >= 0.3 is 5.97 Å². The first-order chi connectivity index (χ1) is 8.74. The molecule has 0 aliphatic heterocycles. The SMILES string of the molecule is CCCCC(OCCCc1ccncc1)C(=O)O. The van der Waals surface area contributed by atoms with E-state index in [1.165, 1.54) is 5.56 Å². The summed E-state index contributed by atoms with van der Waals surface area (Å²) in [6.07, 6.45) is 7.08. The summed E-state index contributed by atoms with van der Waals surface area (Å²) in [5, 5.41) is 8.98. The molecular weight excluding hydrogens is 230 g/mol. The Hall–Kier alpha value is -1.42. The summed E-state index contributed by atoms with van der Waals surface area (Å²) in [6.45, 7) is 2.53. The van der Waals surface area contributed by atoms with Gasteiger partial charge in [0.15, 0.2) is 6.10 Å². The molecule has 0 saturated heterocycles. The highest BCUT2D eigenvalue weighted by molar-refractivity contribution is 5.72. The first-order valence-electron chi connectivity index (χ1n) is 6.47. The molecule has 18 heavy (non-hydrogen) atoms. The lowest BCUT2D eigenvalue weighted by atomic mass is 10.1. The molecule has 1 unspecified atom stereocenters. The highest BCUT2D eigenvalue weighted by Gasteiger charge is 2.16. The summed E-state index contributed by atoms with van der Waals surface area (Å²) in [4.78, 5) is 14.9. The zero-order valence-electron chi connectivity index (χ0n) is 10.8. The number of aliphatic carboxylic acids is 1. The molecule has 0 radical (unpaired) electrons. The minimum Gasteiger partial charge on any atom is -0.479 e. The van der Waals surface area contributed by atoms with Crippen LogP contribution in [0.2, 0.25) is 0 Å². The summed E-state index contributed by atoms with van der Waals surface area (Å²) < 4.78 is 5.41. The molecule has 100 valence electrons. The second-order valence-electron chi connectivity index (χ2n) is 4.30. The van der Waals surface area contributed by atoms with Gasteiger partial charge in [-0.1, -0.05) is 19.8 Å². The van der Waals surface area contributed by atoms with Crippen LogP contribution >= 0.6 is 0 Å². The van der Waals surface area contributed by atoms with E-state index in [1.807, 2.05) is 19.1 Å². The highest BCUT2D eigenvalue weighted by atomic mass is 16.5. The first-order valence-corrected chi connectivity index (χ1v) is 6.47. The maximum absolute atomic E-state index is 10.9. The van der Waals surface area contributed by atoms with Crippen molar-refractivity contribution in [1.82, 2.24) is 4.98 Å². The predicted octanol–water partition coefficient (Wildman–Crippen LogP) is 2.67. The molecule has 4 nitrogen and oxygen atoms in total.